The second-order valence-corrected chi connectivity index (χ2v) is 6.28. The Balaban J connectivity index is 2.10. The van der Waals surface area contributed by atoms with E-state index in [1.807, 2.05) is 0 Å². The molecule has 0 saturated carbocycles. The van der Waals surface area contributed by atoms with Crippen LogP contribution in [0.15, 0.2) is 18.2 Å². The highest BCUT2D eigenvalue weighted by Crippen LogP contribution is 2.29. The summed E-state index contributed by atoms with van der Waals surface area (Å²) in [6.07, 6.45) is 5.13. The Hall–Kier alpha value is -1.35. The molecule has 3 heteroatoms. The van der Waals surface area contributed by atoms with E-state index in [-0.39, 0.29) is 0 Å². The average molecular weight is 271 g/mol. The molecule has 108 valence electrons. The molecule has 1 fully saturated rings. The van der Waals surface area contributed by atoms with E-state index in [2.05, 4.69) is 48.9 Å². The minimum Gasteiger partial charge on any atom is -0.324 e. The van der Waals surface area contributed by atoms with Crippen molar-refractivity contribution >= 4 is 11.0 Å². The lowest BCUT2D eigenvalue weighted by atomic mass is 10.1. The molecule has 0 bridgehead atoms. The van der Waals surface area contributed by atoms with Gasteiger partial charge >= 0.3 is 0 Å². The summed E-state index contributed by atoms with van der Waals surface area (Å²) in [5.74, 6) is 1.22. The summed E-state index contributed by atoms with van der Waals surface area (Å²) in [5.41, 5.74) is 3.69. The summed E-state index contributed by atoms with van der Waals surface area (Å²) in [4.78, 5) is 4.96. The Kier molecular flexibility index (Phi) is 3.79. The van der Waals surface area contributed by atoms with E-state index < -0.39 is 0 Å². The number of imidazole rings is 1. The van der Waals surface area contributed by atoms with Gasteiger partial charge in [-0.1, -0.05) is 18.9 Å². The molecule has 1 saturated heterocycles. The third-order valence-corrected chi connectivity index (χ3v) is 4.26. The maximum absolute atomic E-state index is 4.96. The monoisotopic (exact) mass is 271 g/mol. The fraction of sp³-hybridized carbons (Fsp3) is 0.588. The van der Waals surface area contributed by atoms with Crippen LogP contribution in [0.1, 0.15) is 63.0 Å². The smallest absolute Gasteiger partial charge is 0.127 e. The van der Waals surface area contributed by atoms with E-state index in [9.17, 15) is 0 Å². The minimum atomic E-state index is 0.410. The molecule has 2 aromatic rings. The molecule has 1 atom stereocenters. The number of hydrogen-bond donors (Lipinski definition) is 1. The number of aryl methyl sites for hydroxylation is 1. The molecule has 1 aromatic heterocycles. The molecular formula is C17H25N3. The fourth-order valence-corrected chi connectivity index (χ4v) is 3.26. The predicted octanol–water partition coefficient (Wildman–Crippen LogP) is 4.13. The Morgan fingerprint density at radius 1 is 1.25 bits per heavy atom. The molecule has 3 rings (SSSR count). The van der Waals surface area contributed by atoms with Gasteiger partial charge in [0.05, 0.1) is 17.1 Å². The van der Waals surface area contributed by atoms with Crippen molar-refractivity contribution in [3.05, 3.63) is 29.6 Å². The molecule has 3 nitrogen and oxygen atoms in total. The first-order valence-corrected chi connectivity index (χ1v) is 7.88. The SMILES string of the molecule is Cc1ccc2c(c1)nc(C1CCCCCN1)n2C(C)C. The average Bonchev–Trinajstić information content (AvgIpc) is 2.59. The van der Waals surface area contributed by atoms with E-state index in [0.717, 1.165) is 12.1 Å². The van der Waals surface area contributed by atoms with Gasteiger partial charge in [-0.05, 0) is 57.9 Å². The van der Waals surface area contributed by atoms with E-state index in [1.165, 1.54) is 42.6 Å². The van der Waals surface area contributed by atoms with Crippen LogP contribution in [0.25, 0.3) is 11.0 Å². The molecule has 0 amide bonds. The number of nitrogens with one attached hydrogen (secondary N) is 1. The molecule has 2 heterocycles. The zero-order chi connectivity index (χ0) is 14.1. The summed E-state index contributed by atoms with van der Waals surface area (Å²) >= 11 is 0. The van der Waals surface area contributed by atoms with Crippen LogP contribution in [0.5, 0.6) is 0 Å². The fourth-order valence-electron chi connectivity index (χ4n) is 3.26. The number of nitrogens with zero attached hydrogens (tertiary/aromatic N) is 2. The van der Waals surface area contributed by atoms with E-state index in [4.69, 9.17) is 4.98 Å². The lowest BCUT2D eigenvalue weighted by Gasteiger charge is -2.20. The Morgan fingerprint density at radius 2 is 2.10 bits per heavy atom. The van der Waals surface area contributed by atoms with Crippen molar-refractivity contribution in [2.75, 3.05) is 6.54 Å². The van der Waals surface area contributed by atoms with Gasteiger partial charge in [0.25, 0.3) is 0 Å². The van der Waals surface area contributed by atoms with Gasteiger partial charge < -0.3 is 9.88 Å². The van der Waals surface area contributed by atoms with E-state index in [0.29, 0.717) is 12.1 Å². The number of hydrogen-bond acceptors (Lipinski definition) is 2. The first-order valence-electron chi connectivity index (χ1n) is 7.88. The van der Waals surface area contributed by atoms with Gasteiger partial charge in [0.1, 0.15) is 5.82 Å². The van der Waals surface area contributed by atoms with Crippen LogP contribution < -0.4 is 5.32 Å². The minimum absolute atomic E-state index is 0.410. The molecule has 20 heavy (non-hydrogen) atoms. The molecule has 1 aromatic carbocycles. The van der Waals surface area contributed by atoms with Crippen molar-refractivity contribution in [1.82, 2.24) is 14.9 Å². The Bertz CT molecular complexity index is 590. The third kappa shape index (κ3) is 2.47. The van der Waals surface area contributed by atoms with Gasteiger partial charge in [-0.3, -0.25) is 0 Å². The van der Waals surface area contributed by atoms with Crippen molar-refractivity contribution in [2.24, 2.45) is 0 Å². The second-order valence-electron chi connectivity index (χ2n) is 6.28. The van der Waals surface area contributed by atoms with E-state index >= 15 is 0 Å². The summed E-state index contributed by atoms with van der Waals surface area (Å²) in [6.45, 7) is 7.75. The normalized spacial score (nSPS) is 20.5. The second kappa shape index (κ2) is 5.57. The highest BCUT2D eigenvalue weighted by Gasteiger charge is 2.22. The summed E-state index contributed by atoms with van der Waals surface area (Å²) < 4.78 is 2.41. The first kappa shape index (κ1) is 13.6. The van der Waals surface area contributed by atoms with Crippen molar-refractivity contribution in [3.8, 4) is 0 Å². The standard InChI is InChI=1S/C17H25N3/c1-12(2)20-16-9-8-13(3)11-15(16)19-17(20)14-7-5-4-6-10-18-14/h8-9,11-12,14,18H,4-7,10H2,1-3H3. The molecule has 0 spiro atoms. The largest absolute Gasteiger partial charge is 0.324 e. The Labute approximate surface area is 121 Å². The highest BCUT2D eigenvalue weighted by atomic mass is 15.1. The lowest BCUT2D eigenvalue weighted by molar-refractivity contribution is 0.464. The maximum atomic E-state index is 4.96. The van der Waals surface area contributed by atoms with Crippen molar-refractivity contribution in [1.29, 1.82) is 0 Å². The van der Waals surface area contributed by atoms with Crippen molar-refractivity contribution in [2.45, 2.75) is 58.5 Å². The van der Waals surface area contributed by atoms with Crippen LogP contribution in [-0.4, -0.2) is 16.1 Å². The summed E-state index contributed by atoms with van der Waals surface area (Å²) in [5, 5.41) is 3.69. The maximum Gasteiger partial charge on any atom is 0.127 e. The van der Waals surface area contributed by atoms with Gasteiger partial charge in [-0.2, -0.15) is 0 Å². The van der Waals surface area contributed by atoms with Gasteiger partial charge in [-0.25, -0.2) is 4.98 Å². The summed E-state index contributed by atoms with van der Waals surface area (Å²) in [6, 6.07) is 7.47. The van der Waals surface area contributed by atoms with Crippen molar-refractivity contribution < 1.29 is 0 Å². The number of benzene rings is 1. The van der Waals surface area contributed by atoms with Crippen LogP contribution in [0.2, 0.25) is 0 Å². The van der Waals surface area contributed by atoms with Crippen LogP contribution >= 0.6 is 0 Å². The van der Waals surface area contributed by atoms with Crippen molar-refractivity contribution in [3.63, 3.8) is 0 Å². The van der Waals surface area contributed by atoms with Gasteiger partial charge in [-0.15, -0.1) is 0 Å². The zero-order valence-corrected chi connectivity index (χ0v) is 12.8. The molecule has 1 aliphatic rings. The quantitative estimate of drug-likeness (QED) is 0.890. The third-order valence-electron chi connectivity index (χ3n) is 4.26. The number of fused-ring (bicyclic) bond motifs is 1. The molecule has 1 N–H and O–H groups in total. The van der Waals surface area contributed by atoms with Crippen LogP contribution in [0.3, 0.4) is 0 Å². The van der Waals surface area contributed by atoms with E-state index in [1.54, 1.807) is 0 Å². The summed E-state index contributed by atoms with van der Waals surface area (Å²) in [7, 11) is 0. The van der Waals surface area contributed by atoms with Gasteiger partial charge in [0.15, 0.2) is 0 Å². The number of rotatable bonds is 2. The highest BCUT2D eigenvalue weighted by molar-refractivity contribution is 5.77. The molecule has 0 aliphatic carbocycles. The van der Waals surface area contributed by atoms with Crippen LogP contribution in [-0.2, 0) is 0 Å². The van der Waals surface area contributed by atoms with Gasteiger partial charge in [0, 0.05) is 6.04 Å². The zero-order valence-electron chi connectivity index (χ0n) is 12.8. The first-order chi connectivity index (χ1) is 9.66. The molecular weight excluding hydrogens is 246 g/mol. The van der Waals surface area contributed by atoms with Crippen LogP contribution in [0, 0.1) is 6.92 Å². The van der Waals surface area contributed by atoms with Crippen LogP contribution in [0.4, 0.5) is 0 Å². The Morgan fingerprint density at radius 3 is 2.90 bits per heavy atom. The lowest BCUT2D eigenvalue weighted by Crippen LogP contribution is -2.24. The molecule has 1 aliphatic heterocycles. The number of aromatic nitrogens is 2. The topological polar surface area (TPSA) is 29.9 Å². The predicted molar refractivity (Wildman–Crippen MR) is 84.1 cm³/mol. The molecule has 0 radical (unpaired) electrons. The molecule has 1 unspecified atom stereocenters. The van der Waals surface area contributed by atoms with Gasteiger partial charge in [0.2, 0.25) is 0 Å².